The molecular formula is C14H28N2O. The minimum atomic E-state index is 0.525. The summed E-state index contributed by atoms with van der Waals surface area (Å²) in [7, 11) is 2.23. The lowest BCUT2D eigenvalue weighted by molar-refractivity contribution is 0.0640. The highest BCUT2D eigenvalue weighted by Gasteiger charge is 2.28. The van der Waals surface area contributed by atoms with Crippen molar-refractivity contribution in [2.75, 3.05) is 46.4 Å². The Morgan fingerprint density at radius 2 is 1.88 bits per heavy atom. The zero-order valence-electron chi connectivity index (χ0n) is 11.5. The van der Waals surface area contributed by atoms with Crippen LogP contribution in [-0.4, -0.2) is 51.3 Å². The maximum Gasteiger partial charge on any atom is 0.0469 e. The van der Waals surface area contributed by atoms with Gasteiger partial charge in [-0.15, -0.1) is 0 Å². The van der Waals surface area contributed by atoms with Crippen molar-refractivity contribution in [2.24, 2.45) is 11.3 Å². The first-order valence-corrected chi connectivity index (χ1v) is 7.15. The van der Waals surface area contributed by atoms with E-state index in [1.807, 2.05) is 0 Å². The zero-order valence-corrected chi connectivity index (χ0v) is 11.5. The third kappa shape index (κ3) is 4.23. The van der Waals surface area contributed by atoms with Gasteiger partial charge >= 0.3 is 0 Å². The number of likely N-dealkylation sites (tertiary alicyclic amines) is 1. The van der Waals surface area contributed by atoms with E-state index in [2.05, 4.69) is 24.2 Å². The van der Waals surface area contributed by atoms with Crippen molar-refractivity contribution in [1.29, 1.82) is 0 Å². The molecule has 0 amide bonds. The van der Waals surface area contributed by atoms with Gasteiger partial charge in [0.25, 0.3) is 0 Å². The van der Waals surface area contributed by atoms with Gasteiger partial charge in [0.1, 0.15) is 0 Å². The molecule has 0 aromatic carbocycles. The first-order chi connectivity index (χ1) is 8.18. The number of hydrogen-bond acceptors (Lipinski definition) is 3. The fourth-order valence-corrected chi connectivity index (χ4v) is 2.86. The molecule has 2 aliphatic rings. The third-order valence-corrected chi connectivity index (χ3v) is 4.52. The molecule has 2 heterocycles. The van der Waals surface area contributed by atoms with Crippen LogP contribution < -0.4 is 5.32 Å². The van der Waals surface area contributed by atoms with Gasteiger partial charge in [0.2, 0.25) is 0 Å². The number of nitrogens with zero attached hydrogens (tertiary/aromatic N) is 1. The van der Waals surface area contributed by atoms with Crippen molar-refractivity contribution in [3.8, 4) is 0 Å². The molecular weight excluding hydrogens is 212 g/mol. The molecule has 0 atom stereocenters. The average Bonchev–Trinajstić information content (AvgIpc) is 2.35. The molecule has 0 bridgehead atoms. The lowest BCUT2D eigenvalue weighted by Gasteiger charge is -2.38. The highest BCUT2D eigenvalue weighted by molar-refractivity contribution is 4.83. The predicted molar refractivity (Wildman–Crippen MR) is 71.3 cm³/mol. The van der Waals surface area contributed by atoms with Gasteiger partial charge < -0.3 is 15.0 Å². The van der Waals surface area contributed by atoms with Crippen LogP contribution in [0.25, 0.3) is 0 Å². The molecule has 0 aromatic rings. The minimum absolute atomic E-state index is 0.525. The fourth-order valence-electron chi connectivity index (χ4n) is 2.86. The van der Waals surface area contributed by atoms with Crippen LogP contribution in [0.4, 0.5) is 0 Å². The largest absolute Gasteiger partial charge is 0.381 e. The monoisotopic (exact) mass is 240 g/mol. The van der Waals surface area contributed by atoms with Crippen LogP contribution in [0.5, 0.6) is 0 Å². The molecule has 3 heteroatoms. The smallest absolute Gasteiger partial charge is 0.0469 e. The van der Waals surface area contributed by atoms with E-state index in [1.54, 1.807) is 0 Å². The SMILES string of the molecule is CN1CCC(C)(CNCC2CCOCC2)CC1. The zero-order chi connectivity index (χ0) is 12.1. The number of ether oxygens (including phenoxy) is 1. The maximum absolute atomic E-state index is 5.39. The molecule has 2 fully saturated rings. The normalized spacial score (nSPS) is 27.2. The van der Waals surface area contributed by atoms with Crippen molar-refractivity contribution in [3.05, 3.63) is 0 Å². The summed E-state index contributed by atoms with van der Waals surface area (Å²) in [4.78, 5) is 2.44. The summed E-state index contributed by atoms with van der Waals surface area (Å²) in [6.45, 7) is 9.28. The van der Waals surface area contributed by atoms with Crippen LogP contribution >= 0.6 is 0 Å². The molecule has 2 rings (SSSR count). The van der Waals surface area contributed by atoms with Crippen LogP contribution in [0.15, 0.2) is 0 Å². The average molecular weight is 240 g/mol. The van der Waals surface area contributed by atoms with Gasteiger partial charge in [-0.2, -0.15) is 0 Å². The lowest BCUT2D eigenvalue weighted by atomic mass is 9.80. The third-order valence-electron chi connectivity index (χ3n) is 4.52. The molecule has 0 aliphatic carbocycles. The highest BCUT2D eigenvalue weighted by atomic mass is 16.5. The van der Waals surface area contributed by atoms with Crippen LogP contribution in [0.2, 0.25) is 0 Å². The summed E-state index contributed by atoms with van der Waals surface area (Å²) in [5, 5.41) is 3.71. The molecule has 3 nitrogen and oxygen atoms in total. The summed E-state index contributed by atoms with van der Waals surface area (Å²) in [5.74, 6) is 0.846. The summed E-state index contributed by atoms with van der Waals surface area (Å²) in [6, 6.07) is 0. The van der Waals surface area contributed by atoms with Gasteiger partial charge in [0.05, 0.1) is 0 Å². The molecule has 0 unspecified atom stereocenters. The van der Waals surface area contributed by atoms with Crippen molar-refractivity contribution < 1.29 is 4.74 Å². The predicted octanol–water partition coefficient (Wildman–Crippen LogP) is 1.73. The molecule has 2 aliphatic heterocycles. The van der Waals surface area contributed by atoms with E-state index in [4.69, 9.17) is 4.74 Å². The quantitative estimate of drug-likeness (QED) is 0.810. The standard InChI is InChI=1S/C14H28N2O/c1-14(5-7-16(2)8-6-14)12-15-11-13-3-9-17-10-4-13/h13,15H,3-12H2,1-2H3. The van der Waals surface area contributed by atoms with E-state index in [0.29, 0.717) is 5.41 Å². The second-order valence-corrected chi connectivity index (χ2v) is 6.30. The van der Waals surface area contributed by atoms with Gasteiger partial charge in [-0.25, -0.2) is 0 Å². The van der Waals surface area contributed by atoms with Crippen LogP contribution in [0, 0.1) is 11.3 Å². The van der Waals surface area contributed by atoms with E-state index in [9.17, 15) is 0 Å². The summed E-state index contributed by atoms with van der Waals surface area (Å²) in [5.41, 5.74) is 0.525. The Bertz CT molecular complexity index is 218. The maximum atomic E-state index is 5.39. The van der Waals surface area contributed by atoms with Gasteiger partial charge in [-0.1, -0.05) is 6.92 Å². The fraction of sp³-hybridized carbons (Fsp3) is 1.00. The van der Waals surface area contributed by atoms with E-state index in [1.165, 1.54) is 51.9 Å². The molecule has 1 N–H and O–H groups in total. The second kappa shape index (κ2) is 6.17. The number of rotatable bonds is 4. The van der Waals surface area contributed by atoms with Gasteiger partial charge in [0.15, 0.2) is 0 Å². The summed E-state index contributed by atoms with van der Waals surface area (Å²) in [6.07, 6.45) is 5.16. The molecule has 0 radical (unpaired) electrons. The molecule has 100 valence electrons. The van der Waals surface area contributed by atoms with E-state index < -0.39 is 0 Å². The molecule has 2 saturated heterocycles. The van der Waals surface area contributed by atoms with Gasteiger partial charge in [-0.05, 0) is 63.7 Å². The minimum Gasteiger partial charge on any atom is -0.381 e. The van der Waals surface area contributed by atoms with Crippen LogP contribution in [0.3, 0.4) is 0 Å². The number of hydrogen-bond donors (Lipinski definition) is 1. The van der Waals surface area contributed by atoms with Crippen molar-refractivity contribution in [3.63, 3.8) is 0 Å². The molecule has 0 aromatic heterocycles. The topological polar surface area (TPSA) is 24.5 Å². The Hall–Kier alpha value is -0.120. The molecule has 0 spiro atoms. The van der Waals surface area contributed by atoms with Crippen molar-refractivity contribution >= 4 is 0 Å². The van der Waals surface area contributed by atoms with Crippen molar-refractivity contribution in [2.45, 2.75) is 32.6 Å². The van der Waals surface area contributed by atoms with Crippen molar-refractivity contribution in [1.82, 2.24) is 10.2 Å². The molecule has 0 saturated carbocycles. The summed E-state index contributed by atoms with van der Waals surface area (Å²) < 4.78 is 5.39. The van der Waals surface area contributed by atoms with Gasteiger partial charge in [0, 0.05) is 19.8 Å². The van der Waals surface area contributed by atoms with E-state index in [0.717, 1.165) is 19.1 Å². The number of nitrogens with one attached hydrogen (secondary N) is 1. The Morgan fingerprint density at radius 3 is 2.53 bits per heavy atom. The Kier molecular flexibility index (Phi) is 4.83. The second-order valence-electron chi connectivity index (χ2n) is 6.30. The Morgan fingerprint density at radius 1 is 1.24 bits per heavy atom. The number of piperidine rings is 1. The Balaban J connectivity index is 1.63. The first-order valence-electron chi connectivity index (χ1n) is 7.15. The lowest BCUT2D eigenvalue weighted by Crippen LogP contribution is -2.43. The highest BCUT2D eigenvalue weighted by Crippen LogP contribution is 2.29. The first kappa shape index (κ1) is 13.3. The summed E-state index contributed by atoms with van der Waals surface area (Å²) >= 11 is 0. The molecule has 17 heavy (non-hydrogen) atoms. The van der Waals surface area contributed by atoms with Crippen LogP contribution in [-0.2, 0) is 4.74 Å². The van der Waals surface area contributed by atoms with E-state index >= 15 is 0 Å². The van der Waals surface area contributed by atoms with Crippen LogP contribution in [0.1, 0.15) is 32.6 Å². The Labute approximate surface area is 106 Å². The van der Waals surface area contributed by atoms with Gasteiger partial charge in [-0.3, -0.25) is 0 Å². The van der Waals surface area contributed by atoms with E-state index in [-0.39, 0.29) is 0 Å².